The Morgan fingerprint density at radius 3 is 1.38 bits per heavy atom. The third-order valence-corrected chi connectivity index (χ3v) is 12.4. The number of rotatable bonds is 11. The third-order valence-electron chi connectivity index (χ3n) is 12.4. The summed E-state index contributed by atoms with van der Waals surface area (Å²) in [5.74, 6) is -1.68. The molecule has 3 heterocycles. The number of likely N-dealkylation sites (tertiary alicyclic amines) is 2. The summed E-state index contributed by atoms with van der Waals surface area (Å²) in [6.07, 6.45) is 2.34. The molecule has 6 rings (SSSR count). The third kappa shape index (κ3) is 10.8. The lowest BCUT2D eigenvalue weighted by atomic mass is 9.85. The van der Waals surface area contributed by atoms with E-state index in [1.165, 1.54) is 36.2 Å². The van der Waals surface area contributed by atoms with Gasteiger partial charge in [0.2, 0.25) is 23.6 Å². The highest BCUT2D eigenvalue weighted by molar-refractivity contribution is 6.00. The second-order valence-corrected chi connectivity index (χ2v) is 19.0. The first kappa shape index (κ1) is 47.3. The van der Waals surface area contributed by atoms with Crippen LogP contribution in [0.2, 0.25) is 0 Å². The first-order chi connectivity index (χ1) is 30.3. The lowest BCUT2D eigenvalue weighted by Crippen LogP contribution is -2.57. The summed E-state index contributed by atoms with van der Waals surface area (Å²) in [7, 11) is 2.47. The van der Waals surface area contributed by atoms with Crippen molar-refractivity contribution in [1.82, 2.24) is 20.4 Å². The predicted molar refractivity (Wildman–Crippen MR) is 241 cm³/mol. The first-order valence-electron chi connectivity index (χ1n) is 22.0. The molecular formula is C48H62FN7O8. The van der Waals surface area contributed by atoms with Gasteiger partial charge < -0.3 is 45.4 Å². The van der Waals surface area contributed by atoms with Gasteiger partial charge in [0.05, 0.1) is 26.3 Å². The number of benzene rings is 3. The molecule has 0 saturated carbocycles. The van der Waals surface area contributed by atoms with Crippen LogP contribution in [0.3, 0.4) is 0 Å². The first-order valence-corrected chi connectivity index (χ1v) is 22.0. The van der Waals surface area contributed by atoms with E-state index in [0.717, 1.165) is 24.0 Å². The minimum Gasteiger partial charge on any atom is -0.453 e. The molecule has 0 spiro atoms. The average molecular weight is 884 g/mol. The van der Waals surface area contributed by atoms with Gasteiger partial charge in [-0.2, -0.15) is 0 Å². The summed E-state index contributed by atoms with van der Waals surface area (Å²) in [5, 5.41) is 11.3. The van der Waals surface area contributed by atoms with E-state index in [2.05, 4.69) is 26.2 Å². The van der Waals surface area contributed by atoms with Gasteiger partial charge in [-0.3, -0.25) is 19.2 Å². The molecule has 3 fully saturated rings. The van der Waals surface area contributed by atoms with Crippen LogP contribution < -0.4 is 26.2 Å². The number of methoxy groups -OCH3 is 2. The number of ether oxygens (including phenoxy) is 2. The second kappa shape index (κ2) is 19.7. The highest BCUT2D eigenvalue weighted by Crippen LogP contribution is 2.47. The van der Waals surface area contributed by atoms with Crippen LogP contribution in [0.1, 0.15) is 103 Å². The van der Waals surface area contributed by atoms with Crippen LogP contribution in [0.5, 0.6) is 0 Å². The lowest BCUT2D eigenvalue weighted by Gasteiger charge is -2.35. The van der Waals surface area contributed by atoms with Gasteiger partial charge in [-0.1, -0.05) is 71.9 Å². The second-order valence-electron chi connectivity index (χ2n) is 19.0. The van der Waals surface area contributed by atoms with E-state index in [-0.39, 0.29) is 41.5 Å². The molecule has 3 aromatic rings. The van der Waals surface area contributed by atoms with E-state index < -0.39 is 47.2 Å². The van der Waals surface area contributed by atoms with Gasteiger partial charge in [-0.05, 0) is 103 Å². The molecule has 4 N–H and O–H groups in total. The fourth-order valence-electron chi connectivity index (χ4n) is 9.08. The minimum absolute atomic E-state index is 0.132. The maximum atomic E-state index is 14.8. The number of anilines is 3. The summed E-state index contributed by atoms with van der Waals surface area (Å²) in [6.45, 7) is 11.8. The van der Waals surface area contributed by atoms with Crippen LogP contribution >= 0.6 is 0 Å². The van der Waals surface area contributed by atoms with Crippen LogP contribution in [0.15, 0.2) is 72.8 Å². The molecule has 3 saturated heterocycles. The van der Waals surface area contributed by atoms with Gasteiger partial charge in [0, 0.05) is 30.2 Å². The molecule has 0 aromatic heterocycles. The Morgan fingerprint density at radius 1 is 0.609 bits per heavy atom. The summed E-state index contributed by atoms with van der Waals surface area (Å²) in [5.41, 5.74) is 2.53. The molecule has 6 amide bonds. The van der Waals surface area contributed by atoms with Crippen molar-refractivity contribution in [2.24, 2.45) is 10.8 Å². The van der Waals surface area contributed by atoms with Crippen molar-refractivity contribution in [3.63, 3.8) is 0 Å². The largest absolute Gasteiger partial charge is 0.453 e. The van der Waals surface area contributed by atoms with Gasteiger partial charge >= 0.3 is 12.2 Å². The monoisotopic (exact) mass is 883 g/mol. The van der Waals surface area contributed by atoms with Crippen molar-refractivity contribution >= 4 is 52.9 Å². The topological polar surface area (TPSA) is 179 Å². The van der Waals surface area contributed by atoms with Gasteiger partial charge in [-0.25, -0.2) is 14.0 Å². The summed E-state index contributed by atoms with van der Waals surface area (Å²) >= 11 is 0. The van der Waals surface area contributed by atoms with Crippen molar-refractivity contribution in [2.75, 3.05) is 42.8 Å². The predicted octanol–water partition coefficient (Wildman–Crippen LogP) is 7.31. The Labute approximate surface area is 374 Å². The van der Waals surface area contributed by atoms with E-state index in [0.29, 0.717) is 55.8 Å². The maximum Gasteiger partial charge on any atom is 0.407 e. The van der Waals surface area contributed by atoms with Crippen LogP contribution in [0.4, 0.5) is 31.0 Å². The van der Waals surface area contributed by atoms with Crippen molar-refractivity contribution in [3.05, 3.63) is 89.7 Å². The van der Waals surface area contributed by atoms with Gasteiger partial charge in [0.15, 0.2) is 0 Å². The minimum atomic E-state index is -0.888. The molecule has 3 aliphatic rings. The van der Waals surface area contributed by atoms with E-state index in [1.54, 1.807) is 6.07 Å². The van der Waals surface area contributed by atoms with Crippen molar-refractivity contribution < 1.29 is 42.6 Å². The number of nitrogens with one attached hydrogen (secondary N) is 4. The molecule has 6 atom stereocenters. The maximum absolute atomic E-state index is 14.8. The molecule has 0 radical (unpaired) electrons. The summed E-state index contributed by atoms with van der Waals surface area (Å²) in [6, 6.07) is 18.2. The number of alkyl carbamates (subject to hydrolysis) is 2. The quantitative estimate of drug-likeness (QED) is 0.154. The normalized spacial score (nSPS) is 20.9. The van der Waals surface area contributed by atoms with E-state index in [1.807, 2.05) is 96.1 Å². The van der Waals surface area contributed by atoms with Crippen LogP contribution in [-0.4, -0.2) is 97.1 Å². The molecule has 64 heavy (non-hydrogen) atoms. The Balaban J connectivity index is 1.14. The highest BCUT2D eigenvalue weighted by atomic mass is 19.1. The van der Waals surface area contributed by atoms with E-state index in [4.69, 9.17) is 9.47 Å². The highest BCUT2D eigenvalue weighted by Gasteiger charge is 2.44. The van der Waals surface area contributed by atoms with Gasteiger partial charge in [-0.15, -0.1) is 0 Å². The molecule has 0 bridgehead atoms. The molecule has 344 valence electrons. The molecule has 15 nitrogen and oxygen atoms in total. The van der Waals surface area contributed by atoms with Crippen molar-refractivity contribution in [1.29, 1.82) is 0 Å². The summed E-state index contributed by atoms with van der Waals surface area (Å²) in [4.78, 5) is 84.3. The number of hydrogen-bond acceptors (Lipinski definition) is 9. The van der Waals surface area contributed by atoms with Crippen molar-refractivity contribution in [2.45, 2.75) is 116 Å². The van der Waals surface area contributed by atoms with Crippen LogP contribution in [0.25, 0.3) is 0 Å². The SMILES string of the molecule is COC(=O)N[C@H](C(=O)N1CCC[C@H]1C(=O)Nc1ccc(C2CCC(c3ccc(NC(=O)[C@@H]4CCCN4C(=O)[C@@H](NC(=O)OC)C(C)(C)C)cc3)N2c2cccc(F)c2)cc1)C(C)(C)C. The lowest BCUT2D eigenvalue weighted by molar-refractivity contribution is -0.140. The molecular weight excluding hydrogens is 822 g/mol. The molecule has 0 aliphatic carbocycles. The van der Waals surface area contributed by atoms with Crippen LogP contribution in [-0.2, 0) is 28.7 Å². The Morgan fingerprint density at radius 2 is 1.02 bits per heavy atom. The van der Waals surface area contributed by atoms with Gasteiger partial charge in [0.25, 0.3) is 0 Å². The Bertz CT molecular complexity index is 2060. The molecule has 16 heteroatoms. The number of carbonyl (C=O) groups is 6. The zero-order valence-electron chi connectivity index (χ0n) is 38.0. The molecule has 2 unspecified atom stereocenters. The number of nitrogens with zero attached hydrogens (tertiary/aromatic N) is 3. The zero-order valence-corrected chi connectivity index (χ0v) is 38.0. The fraction of sp³-hybridized carbons (Fsp3) is 0.500. The van der Waals surface area contributed by atoms with Crippen LogP contribution in [0, 0.1) is 16.6 Å². The Kier molecular flexibility index (Phi) is 14.5. The molecule has 3 aliphatic heterocycles. The number of halogens is 1. The zero-order chi connectivity index (χ0) is 46.5. The van der Waals surface area contributed by atoms with Crippen molar-refractivity contribution in [3.8, 4) is 0 Å². The van der Waals surface area contributed by atoms with E-state index >= 15 is 0 Å². The fourth-order valence-corrected chi connectivity index (χ4v) is 9.08. The number of carbonyl (C=O) groups excluding carboxylic acids is 6. The summed E-state index contributed by atoms with van der Waals surface area (Å²) < 4.78 is 24.3. The van der Waals surface area contributed by atoms with E-state index in [9.17, 15) is 33.2 Å². The van der Waals surface area contributed by atoms with Gasteiger partial charge in [0.1, 0.15) is 30.0 Å². The standard InChI is InChI=1S/C48H62FN7O8/c1-47(2,3)39(52-45(61)63-7)43(59)54-26-10-14-37(54)41(57)50-32-20-16-29(17-21-32)35-24-25-36(56(35)34-13-9-12-31(49)28-34)30-18-22-33(23-19-30)51-42(58)38-15-11-27-55(38)44(60)40(48(4,5)6)53-46(62)64-8/h9,12-13,16-23,28,35-40H,10-11,14-15,24-27H2,1-8H3,(H,50,57)(H,51,58)(H,52,61)(H,53,62)/t35?,36?,37-,38-,39+,40+/m0/s1. The smallest absolute Gasteiger partial charge is 0.407 e. The Hall–Kier alpha value is -6.19. The number of hydrogen-bond donors (Lipinski definition) is 4. The molecule has 3 aromatic carbocycles. The number of amides is 6. The average Bonchev–Trinajstić information content (AvgIpc) is 4.05.